The molecule has 5 heterocycles. The first-order valence-electron chi connectivity index (χ1n) is 15.9. The standard InChI is InChI=1S/C35H33F3N6O3S/c36-25-15-29-30(40-20-43(29)17-25)31(33(46)41-35-39-9-12-48-35)44-18-28-26(32(37)38)13-24(14-27(28)34(44)47)6-3-21-1-4-22(5-2-21)16-42-10-7-23(19-45)8-11-42/h1-2,4-5,9,12-14,20,23,25,31-32,45H,7-8,10-11,15-19H2,(H,39,41,46). The Labute approximate surface area is 279 Å². The van der Waals surface area contributed by atoms with Crippen molar-refractivity contribution >= 4 is 28.3 Å². The SMILES string of the molecule is O=C(Nc1nccs1)C(c1ncn2c1CC(F)C2)N1Cc2c(cc(C#Cc3ccc(CN4CCC(CO)CC4)cc3)cc2C(F)F)C1=O. The molecule has 13 heteroatoms. The maximum Gasteiger partial charge on any atom is 0.264 e. The van der Waals surface area contributed by atoms with Crippen LogP contribution in [-0.4, -0.2) is 67.1 Å². The molecule has 9 nitrogen and oxygen atoms in total. The van der Waals surface area contributed by atoms with Crippen LogP contribution < -0.4 is 5.32 Å². The molecular formula is C35H33F3N6O3S. The second kappa shape index (κ2) is 13.5. The molecule has 3 aliphatic heterocycles. The maximum atomic E-state index is 14.5. The number of halogens is 3. The monoisotopic (exact) mass is 674 g/mol. The van der Waals surface area contributed by atoms with Crippen molar-refractivity contribution in [3.63, 3.8) is 0 Å². The van der Waals surface area contributed by atoms with Crippen LogP contribution in [0.25, 0.3) is 0 Å². The third-order valence-electron chi connectivity index (χ3n) is 9.29. The number of carbonyl (C=O) groups excluding carboxylic acids is 2. The van der Waals surface area contributed by atoms with E-state index in [-0.39, 0.29) is 54.1 Å². The minimum Gasteiger partial charge on any atom is -0.396 e. The van der Waals surface area contributed by atoms with E-state index in [9.17, 15) is 27.9 Å². The van der Waals surface area contributed by atoms with Gasteiger partial charge in [-0.25, -0.2) is 23.1 Å². The second-order valence-corrected chi connectivity index (χ2v) is 13.3. The summed E-state index contributed by atoms with van der Waals surface area (Å²) in [5.41, 5.74) is 2.62. The van der Waals surface area contributed by atoms with E-state index in [4.69, 9.17) is 0 Å². The quantitative estimate of drug-likeness (QED) is 0.252. The number of imidazole rings is 1. The molecule has 1 fully saturated rings. The number of rotatable bonds is 8. The first-order valence-corrected chi connectivity index (χ1v) is 16.7. The molecule has 2 aromatic heterocycles. The summed E-state index contributed by atoms with van der Waals surface area (Å²) in [4.78, 5) is 39.7. The first kappa shape index (κ1) is 32.1. The zero-order chi connectivity index (χ0) is 33.4. The second-order valence-electron chi connectivity index (χ2n) is 12.4. The van der Waals surface area contributed by atoms with Gasteiger partial charge in [-0.15, -0.1) is 11.3 Å². The van der Waals surface area contributed by atoms with E-state index in [1.54, 1.807) is 9.95 Å². The van der Waals surface area contributed by atoms with Crippen LogP contribution in [0.4, 0.5) is 18.3 Å². The largest absolute Gasteiger partial charge is 0.396 e. The number of amides is 2. The number of hydrogen-bond donors (Lipinski definition) is 2. The predicted octanol–water partition coefficient (Wildman–Crippen LogP) is 5.11. The summed E-state index contributed by atoms with van der Waals surface area (Å²) in [5, 5.41) is 14.1. The third-order valence-corrected chi connectivity index (χ3v) is 9.97. The van der Waals surface area contributed by atoms with E-state index in [0.29, 0.717) is 22.3 Å². The molecule has 7 rings (SSSR count). The van der Waals surface area contributed by atoms with Crippen molar-refractivity contribution in [3.05, 3.63) is 99.1 Å². The molecule has 1 saturated heterocycles. The summed E-state index contributed by atoms with van der Waals surface area (Å²) in [6, 6.07) is 9.24. The number of fused-ring (bicyclic) bond motifs is 2. The molecule has 3 aliphatic rings. The molecule has 2 atom stereocenters. The molecule has 4 aromatic rings. The van der Waals surface area contributed by atoms with E-state index in [1.807, 2.05) is 24.3 Å². The number of thiazole rings is 1. The van der Waals surface area contributed by atoms with Gasteiger partial charge in [-0.2, -0.15) is 0 Å². The van der Waals surface area contributed by atoms with Crippen molar-refractivity contribution in [3.8, 4) is 11.8 Å². The number of piperidine rings is 1. The van der Waals surface area contributed by atoms with Crippen molar-refractivity contribution in [2.45, 2.75) is 57.5 Å². The lowest BCUT2D eigenvalue weighted by Crippen LogP contribution is -2.38. The van der Waals surface area contributed by atoms with Crippen LogP contribution in [0.3, 0.4) is 0 Å². The maximum absolute atomic E-state index is 14.5. The third kappa shape index (κ3) is 6.48. The van der Waals surface area contributed by atoms with E-state index in [0.717, 1.165) is 38.0 Å². The Hall–Kier alpha value is -4.51. The fraction of sp³-hybridized carbons (Fsp3) is 0.371. The van der Waals surface area contributed by atoms with Crippen molar-refractivity contribution in [1.29, 1.82) is 0 Å². The molecule has 48 heavy (non-hydrogen) atoms. The van der Waals surface area contributed by atoms with Gasteiger partial charge < -0.3 is 14.6 Å². The van der Waals surface area contributed by atoms with Crippen molar-refractivity contribution in [1.82, 2.24) is 24.3 Å². The minimum atomic E-state index is -2.89. The molecule has 2 unspecified atom stereocenters. The number of alkyl halides is 3. The summed E-state index contributed by atoms with van der Waals surface area (Å²) in [7, 11) is 0. The number of hydrogen-bond acceptors (Lipinski definition) is 7. The highest BCUT2D eigenvalue weighted by Crippen LogP contribution is 2.39. The fourth-order valence-corrected chi connectivity index (χ4v) is 7.28. The molecule has 0 aliphatic carbocycles. The number of nitrogens with one attached hydrogen (secondary N) is 1. The van der Waals surface area contributed by atoms with Gasteiger partial charge in [-0.3, -0.25) is 19.8 Å². The molecule has 0 bridgehead atoms. The molecule has 2 amide bonds. The van der Waals surface area contributed by atoms with E-state index >= 15 is 0 Å². The molecular weight excluding hydrogens is 641 g/mol. The van der Waals surface area contributed by atoms with Gasteiger partial charge in [0.15, 0.2) is 11.2 Å². The number of aliphatic hydroxyl groups is 1. The lowest BCUT2D eigenvalue weighted by atomic mass is 9.97. The summed E-state index contributed by atoms with van der Waals surface area (Å²) >= 11 is 1.19. The molecule has 0 radical (unpaired) electrons. The number of carbonyl (C=O) groups is 2. The zero-order valence-electron chi connectivity index (χ0n) is 25.9. The molecule has 2 N–H and O–H groups in total. The van der Waals surface area contributed by atoms with Crippen molar-refractivity contribution in [2.24, 2.45) is 5.92 Å². The number of benzene rings is 2. The van der Waals surface area contributed by atoms with Gasteiger partial charge in [0, 0.05) is 65.6 Å². The smallest absolute Gasteiger partial charge is 0.264 e. The highest BCUT2D eigenvalue weighted by Gasteiger charge is 2.43. The molecule has 2 aromatic carbocycles. The number of likely N-dealkylation sites (tertiary alicyclic amines) is 1. The van der Waals surface area contributed by atoms with Gasteiger partial charge in [0.05, 0.1) is 18.6 Å². The van der Waals surface area contributed by atoms with Crippen LogP contribution in [0.5, 0.6) is 0 Å². The van der Waals surface area contributed by atoms with E-state index in [2.05, 4.69) is 32.0 Å². The highest BCUT2D eigenvalue weighted by molar-refractivity contribution is 7.13. The molecule has 0 saturated carbocycles. The van der Waals surface area contributed by atoms with Crippen LogP contribution in [0.15, 0.2) is 54.3 Å². The number of aromatic nitrogens is 3. The van der Waals surface area contributed by atoms with Crippen molar-refractivity contribution in [2.75, 3.05) is 25.0 Å². The van der Waals surface area contributed by atoms with Crippen LogP contribution in [-0.2, 0) is 30.8 Å². The highest BCUT2D eigenvalue weighted by atomic mass is 32.1. The first-order chi connectivity index (χ1) is 23.3. The summed E-state index contributed by atoms with van der Waals surface area (Å²) in [5.74, 6) is 5.12. The van der Waals surface area contributed by atoms with E-state index in [1.165, 1.54) is 40.9 Å². The normalized spacial score (nSPS) is 18.5. The zero-order valence-corrected chi connectivity index (χ0v) is 26.7. The summed E-state index contributed by atoms with van der Waals surface area (Å²) in [6.45, 7) is 2.74. The Balaban J connectivity index is 1.14. The van der Waals surface area contributed by atoms with Gasteiger partial charge in [0.2, 0.25) is 0 Å². The summed E-state index contributed by atoms with van der Waals surface area (Å²) in [6.07, 6.45) is 0.894. The summed E-state index contributed by atoms with van der Waals surface area (Å²) < 4.78 is 44.9. The molecule has 248 valence electrons. The van der Waals surface area contributed by atoms with Gasteiger partial charge in [0.25, 0.3) is 18.2 Å². The Bertz CT molecular complexity index is 1880. The minimum absolute atomic E-state index is 0.0254. The Morgan fingerprint density at radius 3 is 2.58 bits per heavy atom. The Morgan fingerprint density at radius 2 is 1.88 bits per heavy atom. The van der Waals surface area contributed by atoms with Gasteiger partial charge in [-0.05, 0) is 67.2 Å². The van der Waals surface area contributed by atoms with Gasteiger partial charge >= 0.3 is 0 Å². The van der Waals surface area contributed by atoms with Crippen LogP contribution in [0.2, 0.25) is 0 Å². The lowest BCUT2D eigenvalue weighted by Gasteiger charge is -2.31. The predicted molar refractivity (Wildman–Crippen MR) is 173 cm³/mol. The fourth-order valence-electron chi connectivity index (χ4n) is 6.75. The topological polar surface area (TPSA) is 104 Å². The van der Waals surface area contributed by atoms with Gasteiger partial charge in [0.1, 0.15) is 6.17 Å². The van der Waals surface area contributed by atoms with Crippen LogP contribution in [0.1, 0.15) is 74.9 Å². The van der Waals surface area contributed by atoms with Gasteiger partial charge in [-0.1, -0.05) is 24.0 Å². The number of nitrogens with zero attached hydrogens (tertiary/aromatic N) is 5. The average Bonchev–Trinajstić information content (AvgIpc) is 3.88. The molecule has 0 spiro atoms. The van der Waals surface area contributed by atoms with Crippen LogP contribution in [0, 0.1) is 17.8 Å². The Morgan fingerprint density at radius 1 is 1.10 bits per heavy atom. The number of aliphatic hydroxyl groups excluding tert-OH is 1. The Kier molecular flexibility index (Phi) is 9.04. The van der Waals surface area contributed by atoms with Crippen LogP contribution >= 0.6 is 11.3 Å². The average molecular weight is 675 g/mol. The lowest BCUT2D eigenvalue weighted by molar-refractivity contribution is -0.121. The van der Waals surface area contributed by atoms with Crippen molar-refractivity contribution < 1.29 is 27.9 Å². The van der Waals surface area contributed by atoms with E-state index < -0.39 is 30.5 Å². The number of anilines is 1.